The summed E-state index contributed by atoms with van der Waals surface area (Å²) in [6.45, 7) is 0. The van der Waals surface area contributed by atoms with Gasteiger partial charge in [0.1, 0.15) is 6.04 Å². The topological polar surface area (TPSA) is 0 Å². The summed E-state index contributed by atoms with van der Waals surface area (Å²) >= 11 is 0. The van der Waals surface area contributed by atoms with E-state index in [1.165, 1.54) is 19.3 Å². The molecule has 0 bridgehead atoms. The number of quaternary nitrogens is 1. The van der Waals surface area contributed by atoms with E-state index in [4.69, 9.17) is 0 Å². The van der Waals surface area contributed by atoms with Gasteiger partial charge in [-0.15, -0.1) is 0 Å². The third-order valence-corrected chi connectivity index (χ3v) is 2.22. The van der Waals surface area contributed by atoms with Gasteiger partial charge in [0.2, 0.25) is 0 Å². The van der Waals surface area contributed by atoms with Crippen molar-refractivity contribution in [3.05, 3.63) is 12.2 Å². The molecule has 0 fully saturated rings. The van der Waals surface area contributed by atoms with Crippen LogP contribution in [0, 0.1) is 0 Å². The second-order valence-electron chi connectivity index (χ2n) is 4.04. The van der Waals surface area contributed by atoms with Gasteiger partial charge in [0.25, 0.3) is 0 Å². The number of nitrogens with zero attached hydrogens (tertiary/aromatic N) is 1. The molecule has 0 aliphatic heterocycles. The Kier molecular flexibility index (Phi) is 2.14. The van der Waals surface area contributed by atoms with Gasteiger partial charge >= 0.3 is 0 Å². The maximum absolute atomic E-state index is 2.36. The van der Waals surface area contributed by atoms with Crippen LogP contribution >= 0.6 is 0 Å². The van der Waals surface area contributed by atoms with Crippen molar-refractivity contribution in [3.8, 4) is 0 Å². The Hall–Kier alpha value is -0.300. The molecule has 0 N–H and O–H groups in total. The van der Waals surface area contributed by atoms with Crippen LogP contribution in [-0.4, -0.2) is 31.7 Å². The molecule has 0 saturated carbocycles. The lowest BCUT2D eigenvalue weighted by Crippen LogP contribution is -2.44. The maximum Gasteiger partial charge on any atom is 0.107 e. The van der Waals surface area contributed by atoms with Crippen molar-refractivity contribution in [1.82, 2.24) is 0 Å². The van der Waals surface area contributed by atoms with Crippen LogP contribution in [-0.2, 0) is 0 Å². The Bertz CT molecular complexity index is 130. The number of allylic oxidation sites excluding steroid dienone is 1. The quantitative estimate of drug-likeness (QED) is 0.385. The molecular weight excluding hydrogens is 122 g/mol. The third kappa shape index (κ3) is 1.84. The first-order valence-electron chi connectivity index (χ1n) is 4.08. The highest BCUT2D eigenvalue weighted by Crippen LogP contribution is 2.17. The molecule has 0 aromatic rings. The first kappa shape index (κ1) is 7.80. The normalized spacial score (nSPS) is 26.9. The number of hydrogen-bond donors (Lipinski definition) is 0. The van der Waals surface area contributed by atoms with Crippen LogP contribution in [0.2, 0.25) is 0 Å². The van der Waals surface area contributed by atoms with Gasteiger partial charge in [0.15, 0.2) is 0 Å². The Morgan fingerprint density at radius 3 is 2.30 bits per heavy atom. The molecule has 0 aromatic heterocycles. The van der Waals surface area contributed by atoms with E-state index in [1.54, 1.807) is 0 Å². The zero-order chi connectivity index (χ0) is 7.61. The summed E-state index contributed by atoms with van der Waals surface area (Å²) in [6, 6.07) is 0.758. The molecule has 0 amide bonds. The van der Waals surface area contributed by atoms with E-state index in [0.29, 0.717) is 0 Å². The van der Waals surface area contributed by atoms with Gasteiger partial charge in [0.05, 0.1) is 21.1 Å². The minimum atomic E-state index is 0.758. The molecule has 10 heavy (non-hydrogen) atoms. The van der Waals surface area contributed by atoms with Crippen molar-refractivity contribution in [1.29, 1.82) is 0 Å². The second kappa shape index (κ2) is 2.75. The Labute approximate surface area is 63.9 Å². The Balaban J connectivity index is 2.55. The molecule has 0 heterocycles. The number of likely N-dealkylation sites (N-methyl/N-ethyl adjacent to an activating group) is 1. The van der Waals surface area contributed by atoms with Crippen LogP contribution in [0.25, 0.3) is 0 Å². The zero-order valence-corrected chi connectivity index (χ0v) is 7.30. The summed E-state index contributed by atoms with van der Waals surface area (Å²) in [6.07, 6.45) is 8.70. The lowest BCUT2D eigenvalue weighted by Gasteiger charge is -2.33. The average Bonchev–Trinajstić information content (AvgIpc) is 1.88. The van der Waals surface area contributed by atoms with E-state index in [0.717, 1.165) is 10.5 Å². The summed E-state index contributed by atoms with van der Waals surface area (Å²) in [5, 5.41) is 0. The maximum atomic E-state index is 2.36. The fourth-order valence-electron chi connectivity index (χ4n) is 1.44. The van der Waals surface area contributed by atoms with Crippen molar-refractivity contribution < 1.29 is 4.48 Å². The highest BCUT2D eigenvalue weighted by molar-refractivity contribution is 4.93. The van der Waals surface area contributed by atoms with Crippen LogP contribution in [0.4, 0.5) is 0 Å². The molecule has 1 aliphatic carbocycles. The van der Waals surface area contributed by atoms with Gasteiger partial charge in [-0.25, -0.2) is 0 Å². The summed E-state index contributed by atoms with van der Waals surface area (Å²) in [5.41, 5.74) is 0. The van der Waals surface area contributed by atoms with E-state index < -0.39 is 0 Å². The molecule has 0 saturated heterocycles. The monoisotopic (exact) mass is 140 g/mol. The molecule has 1 aliphatic rings. The van der Waals surface area contributed by atoms with E-state index in [9.17, 15) is 0 Å². The van der Waals surface area contributed by atoms with Crippen molar-refractivity contribution in [2.24, 2.45) is 0 Å². The highest BCUT2D eigenvalue weighted by Gasteiger charge is 2.21. The fourth-order valence-corrected chi connectivity index (χ4v) is 1.44. The van der Waals surface area contributed by atoms with E-state index in [-0.39, 0.29) is 0 Å². The predicted octanol–water partition coefficient (Wildman–Crippen LogP) is 1.80. The highest BCUT2D eigenvalue weighted by atomic mass is 15.3. The fraction of sp³-hybridized carbons (Fsp3) is 0.778. The first-order chi connectivity index (χ1) is 4.61. The number of rotatable bonds is 1. The van der Waals surface area contributed by atoms with Gasteiger partial charge in [0, 0.05) is 6.42 Å². The van der Waals surface area contributed by atoms with Crippen LogP contribution < -0.4 is 0 Å². The summed E-state index contributed by atoms with van der Waals surface area (Å²) in [4.78, 5) is 0. The van der Waals surface area contributed by atoms with Crippen LogP contribution in [0.3, 0.4) is 0 Å². The molecule has 1 unspecified atom stereocenters. The third-order valence-electron chi connectivity index (χ3n) is 2.22. The molecule has 0 aromatic carbocycles. The largest absolute Gasteiger partial charge is 0.325 e. The SMILES string of the molecule is C[N+](C)(C)C1C=CCCC1. The predicted molar refractivity (Wildman–Crippen MR) is 44.8 cm³/mol. The molecule has 58 valence electrons. The van der Waals surface area contributed by atoms with Crippen molar-refractivity contribution in [2.45, 2.75) is 25.3 Å². The van der Waals surface area contributed by atoms with Crippen LogP contribution in [0.15, 0.2) is 12.2 Å². The number of hydrogen-bond acceptors (Lipinski definition) is 0. The average molecular weight is 140 g/mol. The summed E-state index contributed by atoms with van der Waals surface area (Å²) in [5.74, 6) is 0. The molecular formula is C9H18N+. The minimum Gasteiger partial charge on any atom is -0.325 e. The second-order valence-corrected chi connectivity index (χ2v) is 4.04. The standard InChI is InChI=1S/C9H18N/c1-10(2,3)9-7-5-4-6-8-9/h5,7,9H,4,6,8H2,1-3H3/q+1. The van der Waals surface area contributed by atoms with Crippen molar-refractivity contribution >= 4 is 0 Å². The van der Waals surface area contributed by atoms with Crippen LogP contribution in [0.5, 0.6) is 0 Å². The molecule has 1 nitrogen and oxygen atoms in total. The van der Waals surface area contributed by atoms with E-state index >= 15 is 0 Å². The summed E-state index contributed by atoms with van der Waals surface area (Å²) < 4.78 is 1.08. The Morgan fingerprint density at radius 1 is 1.30 bits per heavy atom. The molecule has 1 rings (SSSR count). The zero-order valence-electron chi connectivity index (χ0n) is 7.30. The van der Waals surface area contributed by atoms with Gasteiger partial charge in [-0.2, -0.15) is 0 Å². The molecule has 0 spiro atoms. The van der Waals surface area contributed by atoms with Gasteiger partial charge in [-0.05, 0) is 18.9 Å². The molecule has 1 atom stereocenters. The lowest BCUT2D eigenvalue weighted by molar-refractivity contribution is -0.889. The van der Waals surface area contributed by atoms with E-state index in [1.807, 2.05) is 0 Å². The Morgan fingerprint density at radius 2 is 2.00 bits per heavy atom. The summed E-state index contributed by atoms with van der Waals surface area (Å²) in [7, 11) is 6.79. The van der Waals surface area contributed by atoms with Crippen LogP contribution in [0.1, 0.15) is 19.3 Å². The van der Waals surface area contributed by atoms with Gasteiger partial charge in [-0.3, -0.25) is 0 Å². The molecule has 0 radical (unpaired) electrons. The van der Waals surface area contributed by atoms with Crippen molar-refractivity contribution in [2.75, 3.05) is 21.1 Å². The first-order valence-corrected chi connectivity index (χ1v) is 4.08. The van der Waals surface area contributed by atoms with Crippen molar-refractivity contribution in [3.63, 3.8) is 0 Å². The minimum absolute atomic E-state index is 0.758. The van der Waals surface area contributed by atoms with E-state index in [2.05, 4.69) is 33.3 Å². The lowest BCUT2D eigenvalue weighted by atomic mass is 10.0. The van der Waals surface area contributed by atoms with Gasteiger partial charge in [-0.1, -0.05) is 6.08 Å². The molecule has 1 heteroatoms. The smallest absolute Gasteiger partial charge is 0.107 e. The van der Waals surface area contributed by atoms with Gasteiger partial charge < -0.3 is 4.48 Å².